The normalized spacial score (nSPS) is 12.6. The minimum Gasteiger partial charge on any atom is -0.371 e. The number of benzene rings is 2. The van der Waals surface area contributed by atoms with E-state index >= 15 is 0 Å². The molecule has 0 aliphatic heterocycles. The van der Waals surface area contributed by atoms with E-state index < -0.39 is 0 Å². The van der Waals surface area contributed by atoms with Crippen molar-refractivity contribution >= 4 is 16.6 Å². The van der Waals surface area contributed by atoms with Crippen molar-refractivity contribution < 1.29 is 9.53 Å². The first-order chi connectivity index (χ1) is 8.22. The Morgan fingerprint density at radius 3 is 2.59 bits per heavy atom. The molecule has 2 aromatic rings. The number of hydrogen-bond acceptors (Lipinski definition) is 2. The van der Waals surface area contributed by atoms with Crippen LogP contribution in [0, 0.1) is 0 Å². The summed E-state index contributed by atoms with van der Waals surface area (Å²) in [5.41, 5.74) is 0.713. The molecule has 0 fully saturated rings. The molecule has 0 spiro atoms. The maximum absolute atomic E-state index is 12.1. The fourth-order valence-corrected chi connectivity index (χ4v) is 1.90. The van der Waals surface area contributed by atoms with Crippen molar-refractivity contribution in [1.29, 1.82) is 0 Å². The van der Waals surface area contributed by atoms with Gasteiger partial charge in [-0.1, -0.05) is 36.4 Å². The van der Waals surface area contributed by atoms with Gasteiger partial charge in [0.05, 0.1) is 0 Å². The molecule has 0 radical (unpaired) electrons. The van der Waals surface area contributed by atoms with Crippen LogP contribution in [0.2, 0.25) is 0 Å². The first-order valence-corrected chi connectivity index (χ1v) is 5.87. The van der Waals surface area contributed by atoms with Crippen LogP contribution in [0.3, 0.4) is 0 Å². The standard InChI is InChI=1S/C15H16O2/c1-3-17-11(2)15(16)14-9-8-12-6-4-5-7-13(12)10-14/h4-11H,3H2,1-2H3. The van der Waals surface area contributed by atoms with Crippen molar-refractivity contribution in [1.82, 2.24) is 0 Å². The number of carbonyl (C=O) groups excluding carboxylic acids is 1. The lowest BCUT2D eigenvalue weighted by Gasteiger charge is -2.10. The van der Waals surface area contributed by atoms with Crippen molar-refractivity contribution in [3.05, 3.63) is 48.0 Å². The number of hydrogen-bond donors (Lipinski definition) is 0. The van der Waals surface area contributed by atoms with Crippen LogP contribution in [0.15, 0.2) is 42.5 Å². The highest BCUT2D eigenvalue weighted by atomic mass is 16.5. The highest BCUT2D eigenvalue weighted by molar-refractivity contribution is 6.02. The quantitative estimate of drug-likeness (QED) is 0.749. The van der Waals surface area contributed by atoms with Crippen molar-refractivity contribution in [2.45, 2.75) is 20.0 Å². The van der Waals surface area contributed by atoms with Crippen LogP contribution in [-0.2, 0) is 4.74 Å². The summed E-state index contributed by atoms with van der Waals surface area (Å²) in [6, 6.07) is 13.8. The topological polar surface area (TPSA) is 26.3 Å². The van der Waals surface area contributed by atoms with E-state index in [2.05, 4.69) is 0 Å². The van der Waals surface area contributed by atoms with Crippen LogP contribution in [0.4, 0.5) is 0 Å². The van der Waals surface area contributed by atoms with Crippen molar-refractivity contribution in [3.63, 3.8) is 0 Å². The van der Waals surface area contributed by atoms with Crippen molar-refractivity contribution in [3.8, 4) is 0 Å². The molecule has 2 heteroatoms. The van der Waals surface area contributed by atoms with Crippen LogP contribution in [0.5, 0.6) is 0 Å². The Bertz CT molecular complexity index is 531. The molecule has 1 atom stereocenters. The van der Waals surface area contributed by atoms with Gasteiger partial charge in [-0.25, -0.2) is 0 Å². The summed E-state index contributed by atoms with van der Waals surface area (Å²) in [4.78, 5) is 12.1. The molecule has 0 amide bonds. The van der Waals surface area contributed by atoms with Gasteiger partial charge in [-0.3, -0.25) is 4.79 Å². The van der Waals surface area contributed by atoms with Gasteiger partial charge in [-0.05, 0) is 30.7 Å². The van der Waals surface area contributed by atoms with Crippen LogP contribution in [0.1, 0.15) is 24.2 Å². The summed E-state index contributed by atoms with van der Waals surface area (Å²) < 4.78 is 5.32. The molecule has 0 aliphatic carbocycles. The molecule has 1 unspecified atom stereocenters. The van der Waals surface area contributed by atoms with Gasteiger partial charge in [0.2, 0.25) is 0 Å². The third kappa shape index (κ3) is 2.53. The smallest absolute Gasteiger partial charge is 0.191 e. The summed E-state index contributed by atoms with van der Waals surface area (Å²) in [5, 5.41) is 2.23. The maximum Gasteiger partial charge on any atom is 0.191 e. The highest BCUT2D eigenvalue weighted by Gasteiger charge is 2.15. The number of rotatable bonds is 4. The molecule has 2 nitrogen and oxygen atoms in total. The number of fused-ring (bicyclic) bond motifs is 1. The van der Waals surface area contributed by atoms with E-state index in [-0.39, 0.29) is 11.9 Å². The third-order valence-corrected chi connectivity index (χ3v) is 2.82. The summed E-state index contributed by atoms with van der Waals surface area (Å²) in [6.45, 7) is 4.24. The van der Waals surface area contributed by atoms with E-state index in [1.165, 1.54) is 0 Å². The lowest BCUT2D eigenvalue weighted by Crippen LogP contribution is -2.20. The Balaban J connectivity index is 2.33. The van der Waals surface area contributed by atoms with Gasteiger partial charge < -0.3 is 4.74 Å². The first kappa shape index (κ1) is 11.8. The molecule has 0 saturated heterocycles. The fraction of sp³-hybridized carbons (Fsp3) is 0.267. The van der Waals surface area contributed by atoms with Crippen molar-refractivity contribution in [2.24, 2.45) is 0 Å². The molecule has 0 aromatic heterocycles. The summed E-state index contributed by atoms with van der Waals surface area (Å²) >= 11 is 0. The van der Waals surface area contributed by atoms with Crippen molar-refractivity contribution in [2.75, 3.05) is 6.61 Å². The monoisotopic (exact) mass is 228 g/mol. The average molecular weight is 228 g/mol. The second-order valence-electron chi connectivity index (χ2n) is 4.02. The van der Waals surface area contributed by atoms with Crippen LogP contribution < -0.4 is 0 Å². The maximum atomic E-state index is 12.1. The first-order valence-electron chi connectivity index (χ1n) is 5.87. The SMILES string of the molecule is CCOC(C)C(=O)c1ccc2ccccc2c1. The highest BCUT2D eigenvalue weighted by Crippen LogP contribution is 2.17. The van der Waals surface area contributed by atoms with E-state index in [0.717, 1.165) is 10.8 Å². The van der Waals surface area contributed by atoms with Gasteiger partial charge in [0, 0.05) is 12.2 Å². The molecule has 2 rings (SSSR count). The Kier molecular flexibility index (Phi) is 3.55. The molecular weight excluding hydrogens is 212 g/mol. The molecule has 2 aromatic carbocycles. The van der Waals surface area contributed by atoms with Crippen LogP contribution >= 0.6 is 0 Å². The lowest BCUT2D eigenvalue weighted by atomic mass is 10.0. The largest absolute Gasteiger partial charge is 0.371 e. The van der Waals surface area contributed by atoms with E-state index in [0.29, 0.717) is 12.2 Å². The number of carbonyl (C=O) groups is 1. The van der Waals surface area contributed by atoms with Gasteiger partial charge in [0.1, 0.15) is 6.10 Å². The summed E-state index contributed by atoms with van der Waals surface area (Å²) in [7, 11) is 0. The van der Waals surface area contributed by atoms with E-state index in [1.54, 1.807) is 6.92 Å². The van der Waals surface area contributed by atoms with Crippen LogP contribution in [0.25, 0.3) is 10.8 Å². The molecule has 17 heavy (non-hydrogen) atoms. The predicted octanol–water partition coefficient (Wildman–Crippen LogP) is 3.45. The Morgan fingerprint density at radius 2 is 1.88 bits per heavy atom. The molecular formula is C15H16O2. The van der Waals surface area contributed by atoms with Gasteiger partial charge >= 0.3 is 0 Å². The second-order valence-corrected chi connectivity index (χ2v) is 4.02. The van der Waals surface area contributed by atoms with Gasteiger partial charge in [-0.15, -0.1) is 0 Å². The zero-order valence-corrected chi connectivity index (χ0v) is 10.1. The second kappa shape index (κ2) is 5.11. The number of ether oxygens (including phenoxy) is 1. The summed E-state index contributed by atoms with van der Waals surface area (Å²) in [5.74, 6) is 0.0394. The molecule has 0 aliphatic rings. The Hall–Kier alpha value is -1.67. The molecule has 0 saturated carbocycles. The Labute approximate surface area is 101 Å². The minimum absolute atomic E-state index is 0.0394. The molecule has 88 valence electrons. The third-order valence-electron chi connectivity index (χ3n) is 2.82. The van der Waals surface area contributed by atoms with E-state index in [1.807, 2.05) is 49.4 Å². The van der Waals surface area contributed by atoms with Crippen LogP contribution in [-0.4, -0.2) is 18.5 Å². The minimum atomic E-state index is -0.374. The van der Waals surface area contributed by atoms with Gasteiger partial charge in [-0.2, -0.15) is 0 Å². The van der Waals surface area contributed by atoms with E-state index in [9.17, 15) is 4.79 Å². The fourth-order valence-electron chi connectivity index (χ4n) is 1.90. The number of ketones is 1. The number of Topliss-reactive ketones (excluding diaryl/α,β-unsaturated/α-hetero) is 1. The zero-order chi connectivity index (χ0) is 12.3. The van der Waals surface area contributed by atoms with Gasteiger partial charge in [0.25, 0.3) is 0 Å². The lowest BCUT2D eigenvalue weighted by molar-refractivity contribution is 0.0521. The summed E-state index contributed by atoms with van der Waals surface area (Å²) in [6.07, 6.45) is -0.374. The molecule has 0 heterocycles. The molecule has 0 N–H and O–H groups in total. The Morgan fingerprint density at radius 1 is 1.18 bits per heavy atom. The van der Waals surface area contributed by atoms with Gasteiger partial charge in [0.15, 0.2) is 5.78 Å². The molecule has 0 bridgehead atoms. The average Bonchev–Trinajstić information content (AvgIpc) is 2.37. The predicted molar refractivity (Wildman–Crippen MR) is 69.4 cm³/mol. The zero-order valence-electron chi connectivity index (χ0n) is 10.1. The van der Waals surface area contributed by atoms with E-state index in [4.69, 9.17) is 4.74 Å².